The number of anilines is 1. The molecule has 0 aliphatic rings. The van der Waals surface area contributed by atoms with Gasteiger partial charge in [-0.3, -0.25) is 0 Å². The molecule has 2 heteroatoms. The lowest BCUT2D eigenvalue weighted by Crippen LogP contribution is -2.22. The molecule has 17 heavy (non-hydrogen) atoms. The Hall–Kier alpha value is -1.02. The Labute approximate surface area is 106 Å². The van der Waals surface area contributed by atoms with Crippen LogP contribution in [0.3, 0.4) is 0 Å². The van der Waals surface area contributed by atoms with Gasteiger partial charge in [0.25, 0.3) is 0 Å². The van der Waals surface area contributed by atoms with Crippen LogP contribution in [0.25, 0.3) is 0 Å². The molecule has 2 nitrogen and oxygen atoms in total. The molecule has 0 heterocycles. The van der Waals surface area contributed by atoms with Crippen molar-refractivity contribution in [3.05, 3.63) is 29.8 Å². The Morgan fingerprint density at radius 2 is 1.59 bits per heavy atom. The Morgan fingerprint density at radius 3 is 2.00 bits per heavy atom. The number of hydrogen-bond donors (Lipinski definition) is 1. The summed E-state index contributed by atoms with van der Waals surface area (Å²) in [5.41, 5.74) is 2.72. The summed E-state index contributed by atoms with van der Waals surface area (Å²) < 4.78 is 0. The Bertz CT molecular complexity index is 301. The van der Waals surface area contributed by atoms with Gasteiger partial charge in [-0.15, -0.1) is 0 Å². The summed E-state index contributed by atoms with van der Waals surface area (Å²) >= 11 is 0. The zero-order valence-electron chi connectivity index (χ0n) is 11.7. The van der Waals surface area contributed by atoms with Crippen molar-refractivity contribution in [2.45, 2.75) is 40.2 Å². The third-order valence-electron chi connectivity index (χ3n) is 3.28. The van der Waals surface area contributed by atoms with E-state index in [4.69, 9.17) is 0 Å². The molecule has 96 valence electrons. The molecule has 0 saturated heterocycles. The fourth-order valence-electron chi connectivity index (χ4n) is 2.25. The first-order valence-corrected chi connectivity index (χ1v) is 6.85. The molecule has 0 fully saturated rings. The summed E-state index contributed by atoms with van der Waals surface area (Å²) in [5.74, 6) is 0. The highest BCUT2D eigenvalue weighted by Gasteiger charge is 2.08. The topological polar surface area (TPSA) is 15.3 Å². The highest BCUT2D eigenvalue weighted by atomic mass is 15.1. The molecule has 0 aliphatic carbocycles. The first-order valence-electron chi connectivity index (χ1n) is 6.85. The molecule has 1 aromatic carbocycles. The molecular weight excluding hydrogens is 208 g/mol. The molecule has 0 aromatic heterocycles. The average molecular weight is 234 g/mol. The van der Waals surface area contributed by atoms with Gasteiger partial charge in [0.1, 0.15) is 0 Å². The van der Waals surface area contributed by atoms with E-state index < -0.39 is 0 Å². The summed E-state index contributed by atoms with van der Waals surface area (Å²) in [6.45, 7) is 11.9. The standard InChI is InChI=1S/C15H26N2/c1-5-15(16-6-2)13-9-11-14(12-10-13)17(7-3)8-4/h9-12,15-16H,5-8H2,1-4H3. The molecule has 0 radical (unpaired) electrons. The molecule has 0 spiro atoms. The predicted octanol–water partition coefficient (Wildman–Crippen LogP) is 3.59. The Balaban J connectivity index is 2.78. The quantitative estimate of drug-likeness (QED) is 0.775. The van der Waals surface area contributed by atoms with Crippen molar-refractivity contribution >= 4 is 5.69 Å². The molecule has 1 atom stereocenters. The lowest BCUT2D eigenvalue weighted by Gasteiger charge is -2.22. The third kappa shape index (κ3) is 3.74. The average Bonchev–Trinajstić information content (AvgIpc) is 2.38. The first-order chi connectivity index (χ1) is 8.26. The van der Waals surface area contributed by atoms with Crippen LogP contribution in [-0.2, 0) is 0 Å². The summed E-state index contributed by atoms with van der Waals surface area (Å²) in [6.07, 6.45) is 1.14. The van der Waals surface area contributed by atoms with E-state index in [1.54, 1.807) is 0 Å². The van der Waals surface area contributed by atoms with Crippen LogP contribution in [0.15, 0.2) is 24.3 Å². The molecule has 0 saturated carbocycles. The van der Waals surface area contributed by atoms with Gasteiger partial charge >= 0.3 is 0 Å². The molecule has 0 amide bonds. The van der Waals surface area contributed by atoms with Gasteiger partial charge in [0.15, 0.2) is 0 Å². The van der Waals surface area contributed by atoms with Gasteiger partial charge < -0.3 is 10.2 Å². The van der Waals surface area contributed by atoms with Gasteiger partial charge in [0.2, 0.25) is 0 Å². The summed E-state index contributed by atoms with van der Waals surface area (Å²) in [6, 6.07) is 9.48. The van der Waals surface area contributed by atoms with Gasteiger partial charge in [0, 0.05) is 24.8 Å². The van der Waals surface area contributed by atoms with E-state index in [-0.39, 0.29) is 0 Å². The van der Waals surface area contributed by atoms with E-state index in [0.29, 0.717) is 6.04 Å². The van der Waals surface area contributed by atoms with E-state index in [1.165, 1.54) is 11.3 Å². The minimum absolute atomic E-state index is 0.491. The minimum atomic E-state index is 0.491. The molecule has 0 bridgehead atoms. The predicted molar refractivity (Wildman–Crippen MR) is 76.7 cm³/mol. The van der Waals surface area contributed by atoms with Crippen LogP contribution < -0.4 is 10.2 Å². The van der Waals surface area contributed by atoms with E-state index in [1.807, 2.05) is 0 Å². The normalized spacial score (nSPS) is 12.5. The number of benzene rings is 1. The van der Waals surface area contributed by atoms with Gasteiger partial charge in [-0.1, -0.05) is 26.0 Å². The molecule has 1 unspecified atom stereocenters. The Morgan fingerprint density at radius 1 is 1.00 bits per heavy atom. The van der Waals surface area contributed by atoms with Crippen LogP contribution in [-0.4, -0.2) is 19.6 Å². The van der Waals surface area contributed by atoms with Crippen molar-refractivity contribution in [1.82, 2.24) is 5.32 Å². The SMILES string of the molecule is CCNC(CC)c1ccc(N(CC)CC)cc1. The second kappa shape index (κ2) is 7.33. The second-order valence-electron chi connectivity index (χ2n) is 4.28. The van der Waals surface area contributed by atoms with Crippen molar-refractivity contribution in [2.75, 3.05) is 24.5 Å². The van der Waals surface area contributed by atoms with Crippen LogP contribution >= 0.6 is 0 Å². The first kappa shape index (κ1) is 14.0. The highest BCUT2D eigenvalue weighted by Crippen LogP contribution is 2.21. The lowest BCUT2D eigenvalue weighted by atomic mass is 10.0. The van der Waals surface area contributed by atoms with Gasteiger partial charge in [-0.05, 0) is 44.5 Å². The maximum atomic E-state index is 3.51. The maximum Gasteiger partial charge on any atom is 0.0366 e. The van der Waals surface area contributed by atoms with E-state index >= 15 is 0 Å². The molecule has 1 N–H and O–H groups in total. The molecule has 1 rings (SSSR count). The van der Waals surface area contributed by atoms with E-state index in [0.717, 1.165) is 26.1 Å². The summed E-state index contributed by atoms with van der Waals surface area (Å²) in [4.78, 5) is 2.37. The highest BCUT2D eigenvalue weighted by molar-refractivity contribution is 5.47. The zero-order chi connectivity index (χ0) is 12.7. The van der Waals surface area contributed by atoms with E-state index in [2.05, 4.69) is 62.2 Å². The fraction of sp³-hybridized carbons (Fsp3) is 0.600. The van der Waals surface area contributed by atoms with Crippen molar-refractivity contribution < 1.29 is 0 Å². The van der Waals surface area contributed by atoms with Gasteiger partial charge in [0.05, 0.1) is 0 Å². The molecule has 0 aliphatic heterocycles. The largest absolute Gasteiger partial charge is 0.372 e. The van der Waals surface area contributed by atoms with Gasteiger partial charge in [-0.2, -0.15) is 0 Å². The zero-order valence-corrected chi connectivity index (χ0v) is 11.7. The molecule has 1 aromatic rings. The van der Waals surface area contributed by atoms with Crippen molar-refractivity contribution in [1.29, 1.82) is 0 Å². The van der Waals surface area contributed by atoms with Crippen molar-refractivity contribution in [3.63, 3.8) is 0 Å². The second-order valence-corrected chi connectivity index (χ2v) is 4.28. The maximum absolute atomic E-state index is 3.51. The number of nitrogens with zero attached hydrogens (tertiary/aromatic N) is 1. The van der Waals surface area contributed by atoms with Crippen LogP contribution in [0.1, 0.15) is 45.7 Å². The number of rotatable bonds is 7. The summed E-state index contributed by atoms with van der Waals surface area (Å²) in [5, 5.41) is 3.51. The summed E-state index contributed by atoms with van der Waals surface area (Å²) in [7, 11) is 0. The van der Waals surface area contributed by atoms with Crippen LogP contribution in [0, 0.1) is 0 Å². The minimum Gasteiger partial charge on any atom is -0.372 e. The smallest absolute Gasteiger partial charge is 0.0366 e. The number of hydrogen-bond acceptors (Lipinski definition) is 2. The Kier molecular flexibility index (Phi) is 6.06. The third-order valence-corrected chi connectivity index (χ3v) is 3.28. The van der Waals surface area contributed by atoms with Crippen LogP contribution in [0.2, 0.25) is 0 Å². The monoisotopic (exact) mass is 234 g/mol. The van der Waals surface area contributed by atoms with E-state index in [9.17, 15) is 0 Å². The molecular formula is C15H26N2. The van der Waals surface area contributed by atoms with Crippen molar-refractivity contribution in [2.24, 2.45) is 0 Å². The van der Waals surface area contributed by atoms with Crippen LogP contribution in [0.4, 0.5) is 5.69 Å². The number of nitrogens with one attached hydrogen (secondary N) is 1. The van der Waals surface area contributed by atoms with Crippen molar-refractivity contribution in [3.8, 4) is 0 Å². The van der Waals surface area contributed by atoms with Crippen LogP contribution in [0.5, 0.6) is 0 Å². The lowest BCUT2D eigenvalue weighted by molar-refractivity contribution is 0.537. The fourth-order valence-corrected chi connectivity index (χ4v) is 2.25. The van der Waals surface area contributed by atoms with Gasteiger partial charge in [-0.25, -0.2) is 0 Å².